The number of anilines is 2. The number of hydrogen-bond donors (Lipinski definition) is 2. The monoisotopic (exact) mass is 537 g/mol. The quantitative estimate of drug-likeness (QED) is 0.470. The van der Waals surface area contributed by atoms with Gasteiger partial charge in [-0.2, -0.15) is 0 Å². The van der Waals surface area contributed by atoms with Crippen molar-refractivity contribution in [2.24, 2.45) is 4.99 Å². The first kappa shape index (κ1) is 25.9. The highest BCUT2D eigenvalue weighted by atomic mass is 32.2. The fourth-order valence-electron chi connectivity index (χ4n) is 4.20. The van der Waals surface area contributed by atoms with Crippen LogP contribution < -0.4 is 10.6 Å². The molecule has 0 bridgehead atoms. The Morgan fingerprint density at radius 3 is 2.62 bits per heavy atom. The van der Waals surface area contributed by atoms with Crippen LogP contribution in [0.25, 0.3) is 0 Å². The number of pyridine rings is 1. The van der Waals surface area contributed by atoms with E-state index in [4.69, 9.17) is 4.99 Å². The summed E-state index contributed by atoms with van der Waals surface area (Å²) in [5.41, 5.74) is 4.82. The smallest absolute Gasteiger partial charge is 0.256 e. The second kappa shape index (κ2) is 10.6. The van der Waals surface area contributed by atoms with E-state index in [-0.39, 0.29) is 16.8 Å². The number of fused-ring (bicyclic) bond motifs is 1. The summed E-state index contributed by atoms with van der Waals surface area (Å²) in [4.78, 5) is 24.0. The minimum atomic E-state index is -3.26. The van der Waals surface area contributed by atoms with Gasteiger partial charge >= 0.3 is 0 Å². The number of nitrogens with one attached hydrogen (secondary N) is 2. The number of carbonyl (C=O) groups excluding carboxylic acids is 1. The summed E-state index contributed by atoms with van der Waals surface area (Å²) in [6.07, 6.45) is 8.63. The second-order valence-electron chi connectivity index (χ2n) is 9.40. The molecule has 9 heteroatoms. The molecule has 0 radical (unpaired) electrons. The molecule has 1 amide bonds. The summed E-state index contributed by atoms with van der Waals surface area (Å²) in [7, 11) is -3.26. The van der Waals surface area contributed by atoms with Crippen molar-refractivity contribution in [2.45, 2.75) is 24.8 Å². The predicted molar refractivity (Wildman–Crippen MR) is 153 cm³/mol. The summed E-state index contributed by atoms with van der Waals surface area (Å²) >= 11 is 0. The highest BCUT2D eigenvalue weighted by molar-refractivity contribution is 7.90. The zero-order valence-corrected chi connectivity index (χ0v) is 22.6. The number of amidine groups is 1. The van der Waals surface area contributed by atoms with E-state index in [9.17, 15) is 13.2 Å². The van der Waals surface area contributed by atoms with Gasteiger partial charge in [-0.1, -0.05) is 17.9 Å². The molecule has 8 nitrogen and oxygen atoms in total. The topological polar surface area (TPSA) is 104 Å². The molecule has 2 aliphatic rings. The van der Waals surface area contributed by atoms with Gasteiger partial charge in [-0.25, -0.2) is 13.4 Å². The summed E-state index contributed by atoms with van der Waals surface area (Å²) in [6, 6.07) is 15.6. The van der Waals surface area contributed by atoms with E-state index in [1.165, 1.54) is 6.26 Å². The molecule has 0 fully saturated rings. The molecule has 1 aromatic heterocycles. The van der Waals surface area contributed by atoms with Crippen LogP contribution in [0.3, 0.4) is 0 Å². The normalized spacial score (nSPS) is 16.0. The van der Waals surface area contributed by atoms with Crippen LogP contribution in [0.2, 0.25) is 0 Å². The van der Waals surface area contributed by atoms with Crippen LogP contribution in [0.5, 0.6) is 0 Å². The molecule has 3 heterocycles. The average molecular weight is 538 g/mol. The number of carbonyl (C=O) groups is 1. The Morgan fingerprint density at radius 2 is 1.87 bits per heavy atom. The highest BCUT2D eigenvalue weighted by Crippen LogP contribution is 2.23. The van der Waals surface area contributed by atoms with Gasteiger partial charge in [0.15, 0.2) is 15.7 Å². The lowest BCUT2D eigenvalue weighted by molar-refractivity contribution is 0.102. The van der Waals surface area contributed by atoms with Gasteiger partial charge in [-0.15, -0.1) is 0 Å². The van der Waals surface area contributed by atoms with Crippen molar-refractivity contribution in [1.82, 2.24) is 9.88 Å². The standard InChI is InChI=1S/C30H27N5O3S/c1-20-14-15-31-28(17-20)34-30(36)23-7-6-21(2)22(18-23)8-11-25-19-32-29-27(5-4-16-35(25)29)33-24-9-12-26(13-10-24)39(3,37)38/h4-7,9-10,12-18,25,33H,19H2,1-3H3,(H,31,34,36). The molecule has 3 aromatic rings. The predicted octanol–water partition coefficient (Wildman–Crippen LogP) is 4.31. The summed E-state index contributed by atoms with van der Waals surface area (Å²) in [5.74, 6) is 7.59. The number of aromatic nitrogens is 1. The zero-order valence-electron chi connectivity index (χ0n) is 21.8. The molecular weight excluding hydrogens is 510 g/mol. The van der Waals surface area contributed by atoms with Crippen molar-refractivity contribution in [3.63, 3.8) is 0 Å². The average Bonchev–Trinajstić information content (AvgIpc) is 3.32. The van der Waals surface area contributed by atoms with Crippen LogP contribution in [0.4, 0.5) is 11.5 Å². The van der Waals surface area contributed by atoms with E-state index in [1.54, 1.807) is 42.6 Å². The Bertz CT molecular complexity index is 1710. The fraction of sp³-hybridized carbons (Fsp3) is 0.167. The Balaban J connectivity index is 1.29. The van der Waals surface area contributed by atoms with Crippen molar-refractivity contribution in [2.75, 3.05) is 23.4 Å². The summed E-state index contributed by atoms with van der Waals surface area (Å²) in [6.45, 7) is 4.40. The number of amides is 1. The maximum absolute atomic E-state index is 12.8. The SMILES string of the molecule is Cc1ccnc(NC(=O)c2ccc(C)c(C#CC3CN=C4C(Nc5ccc(S(C)(=O)=O)cc5)=CC=CN43)c2)c1. The molecular formula is C30H27N5O3S. The lowest BCUT2D eigenvalue weighted by atomic mass is 10.0. The molecule has 2 N–H and O–H groups in total. The Hall–Kier alpha value is -4.68. The zero-order chi connectivity index (χ0) is 27.6. The molecule has 0 aliphatic carbocycles. The molecule has 0 saturated carbocycles. The van der Waals surface area contributed by atoms with Gasteiger partial charge in [0.05, 0.1) is 17.1 Å². The number of sulfone groups is 1. The van der Waals surface area contributed by atoms with Crippen molar-refractivity contribution in [1.29, 1.82) is 0 Å². The van der Waals surface area contributed by atoms with Crippen molar-refractivity contribution in [3.05, 3.63) is 107 Å². The fourth-order valence-corrected chi connectivity index (χ4v) is 4.83. The number of hydrogen-bond acceptors (Lipinski definition) is 7. The van der Waals surface area contributed by atoms with Gasteiger partial charge in [0.2, 0.25) is 0 Å². The van der Waals surface area contributed by atoms with Gasteiger partial charge in [-0.3, -0.25) is 9.79 Å². The van der Waals surface area contributed by atoms with Gasteiger partial charge < -0.3 is 15.5 Å². The lowest BCUT2D eigenvalue weighted by Gasteiger charge is -2.25. The number of benzene rings is 2. The van der Waals surface area contributed by atoms with E-state index in [2.05, 4.69) is 27.5 Å². The molecule has 5 rings (SSSR count). The van der Waals surface area contributed by atoms with E-state index >= 15 is 0 Å². The summed E-state index contributed by atoms with van der Waals surface area (Å²) in [5, 5.41) is 6.16. The van der Waals surface area contributed by atoms with Gasteiger partial charge in [0.1, 0.15) is 11.9 Å². The van der Waals surface area contributed by atoms with Crippen LogP contribution >= 0.6 is 0 Å². The van der Waals surface area contributed by atoms with Crippen molar-refractivity contribution >= 4 is 33.1 Å². The van der Waals surface area contributed by atoms with Crippen molar-refractivity contribution in [3.8, 4) is 11.8 Å². The molecule has 2 aliphatic heterocycles. The van der Waals surface area contributed by atoms with Gasteiger partial charge in [0.25, 0.3) is 5.91 Å². The number of allylic oxidation sites excluding steroid dienone is 2. The van der Waals surface area contributed by atoms with Crippen LogP contribution in [0.15, 0.2) is 94.7 Å². The van der Waals surface area contributed by atoms with Crippen LogP contribution in [0, 0.1) is 25.7 Å². The number of aliphatic imine (C=N–C) groups is 1. The van der Waals surface area contributed by atoms with E-state index in [0.29, 0.717) is 17.9 Å². The lowest BCUT2D eigenvalue weighted by Crippen LogP contribution is -2.34. The minimum absolute atomic E-state index is 0.164. The molecule has 196 valence electrons. The van der Waals surface area contributed by atoms with Gasteiger partial charge in [0, 0.05) is 35.5 Å². The minimum Gasteiger partial charge on any atom is -0.353 e. The molecule has 0 spiro atoms. The van der Waals surface area contributed by atoms with Crippen LogP contribution in [0.1, 0.15) is 27.0 Å². The third-order valence-electron chi connectivity index (χ3n) is 6.34. The van der Waals surface area contributed by atoms with E-state index < -0.39 is 9.84 Å². The first-order valence-electron chi connectivity index (χ1n) is 12.3. The van der Waals surface area contributed by atoms with E-state index in [0.717, 1.165) is 33.9 Å². The molecule has 2 aromatic carbocycles. The maximum Gasteiger partial charge on any atom is 0.256 e. The Kier molecular flexibility index (Phi) is 7.05. The van der Waals surface area contributed by atoms with Gasteiger partial charge in [-0.05, 0) is 85.7 Å². The number of aryl methyl sites for hydroxylation is 2. The van der Waals surface area contributed by atoms with Crippen LogP contribution in [-0.2, 0) is 9.84 Å². The van der Waals surface area contributed by atoms with Crippen LogP contribution in [-0.4, -0.2) is 48.9 Å². The largest absolute Gasteiger partial charge is 0.353 e. The maximum atomic E-state index is 12.8. The molecule has 0 saturated heterocycles. The third-order valence-corrected chi connectivity index (χ3v) is 7.46. The molecule has 1 unspecified atom stereocenters. The Labute approximate surface area is 228 Å². The number of rotatable bonds is 5. The highest BCUT2D eigenvalue weighted by Gasteiger charge is 2.28. The third kappa shape index (κ3) is 5.92. The second-order valence-corrected chi connectivity index (χ2v) is 11.4. The van der Waals surface area contributed by atoms with Crippen molar-refractivity contribution < 1.29 is 13.2 Å². The first-order chi connectivity index (χ1) is 18.7. The number of nitrogens with zero attached hydrogens (tertiary/aromatic N) is 3. The first-order valence-corrected chi connectivity index (χ1v) is 14.2. The molecule has 39 heavy (non-hydrogen) atoms. The molecule has 1 atom stereocenters. The van der Waals surface area contributed by atoms with E-state index in [1.807, 2.05) is 55.3 Å². The Morgan fingerprint density at radius 1 is 1.08 bits per heavy atom. The summed E-state index contributed by atoms with van der Waals surface area (Å²) < 4.78 is 23.5.